The molecule has 132 valence electrons. The number of benzene rings is 2. The Balaban J connectivity index is 1.92. The molecular weight excluding hydrogens is 328 g/mol. The van der Waals surface area contributed by atoms with Crippen LogP contribution in [0.1, 0.15) is 27.6 Å². The molecule has 25 heavy (non-hydrogen) atoms. The van der Waals surface area contributed by atoms with Crippen LogP contribution >= 0.6 is 0 Å². The molecule has 0 aromatic heterocycles. The van der Waals surface area contributed by atoms with Gasteiger partial charge in [-0.2, -0.15) is 0 Å². The van der Waals surface area contributed by atoms with Gasteiger partial charge in [-0.1, -0.05) is 12.1 Å². The number of rotatable bonds is 6. The van der Waals surface area contributed by atoms with Crippen LogP contribution in [0.4, 0.5) is 0 Å². The van der Waals surface area contributed by atoms with Gasteiger partial charge in [0, 0.05) is 18.7 Å². The van der Waals surface area contributed by atoms with Crippen molar-refractivity contribution in [3.8, 4) is 17.2 Å². The average Bonchev–Trinajstić information content (AvgIpc) is 3.11. The first-order valence-electron chi connectivity index (χ1n) is 7.55. The van der Waals surface area contributed by atoms with Crippen molar-refractivity contribution < 1.29 is 33.6 Å². The lowest BCUT2D eigenvalue weighted by Gasteiger charge is -2.17. The highest BCUT2D eigenvalue weighted by atomic mass is 16.7. The van der Waals surface area contributed by atoms with Crippen molar-refractivity contribution >= 4 is 5.97 Å². The van der Waals surface area contributed by atoms with Crippen LogP contribution in [0, 0.1) is 0 Å². The topological polar surface area (TPSA) is 83.5 Å². The van der Waals surface area contributed by atoms with Crippen molar-refractivity contribution in [3.05, 3.63) is 53.1 Å². The number of carbonyl (C=O) groups excluding carboxylic acids is 1. The van der Waals surface area contributed by atoms with Crippen molar-refractivity contribution in [2.24, 2.45) is 0 Å². The summed E-state index contributed by atoms with van der Waals surface area (Å²) < 4.78 is 25.9. The van der Waals surface area contributed by atoms with Crippen LogP contribution in [-0.4, -0.2) is 38.9 Å². The molecule has 1 aliphatic rings. The summed E-state index contributed by atoms with van der Waals surface area (Å²) in [5, 5.41) is 10.8. The van der Waals surface area contributed by atoms with E-state index in [9.17, 15) is 9.90 Å². The molecule has 3 rings (SSSR count). The van der Waals surface area contributed by atoms with Crippen LogP contribution in [0.2, 0.25) is 0 Å². The highest BCUT2D eigenvalue weighted by Gasteiger charge is 2.23. The van der Waals surface area contributed by atoms with E-state index in [1.807, 2.05) is 0 Å². The normalized spacial score (nSPS) is 13.4. The van der Waals surface area contributed by atoms with Crippen molar-refractivity contribution in [2.45, 2.75) is 6.10 Å². The van der Waals surface area contributed by atoms with Gasteiger partial charge in [-0.25, -0.2) is 4.79 Å². The van der Waals surface area contributed by atoms with Crippen LogP contribution in [-0.2, 0) is 9.47 Å². The molecule has 0 saturated heterocycles. The van der Waals surface area contributed by atoms with Gasteiger partial charge in [0.2, 0.25) is 6.79 Å². The molecule has 0 amide bonds. The van der Waals surface area contributed by atoms with Gasteiger partial charge in [0.15, 0.2) is 18.3 Å². The van der Waals surface area contributed by atoms with Crippen molar-refractivity contribution in [3.63, 3.8) is 0 Å². The van der Waals surface area contributed by atoms with E-state index in [0.717, 1.165) is 0 Å². The molecule has 1 heterocycles. The third-order valence-corrected chi connectivity index (χ3v) is 3.78. The van der Waals surface area contributed by atoms with E-state index in [2.05, 4.69) is 4.74 Å². The molecule has 0 radical (unpaired) electrons. The molecule has 2 aromatic carbocycles. The molecule has 7 heteroatoms. The van der Waals surface area contributed by atoms with Crippen molar-refractivity contribution in [1.82, 2.24) is 0 Å². The molecule has 1 atom stereocenters. The summed E-state index contributed by atoms with van der Waals surface area (Å²) in [6.45, 7) is 0.146. The summed E-state index contributed by atoms with van der Waals surface area (Å²) in [4.78, 5) is 11.5. The predicted octanol–water partition coefficient (Wildman–Crippen LogP) is 2.27. The van der Waals surface area contributed by atoms with Gasteiger partial charge in [0.25, 0.3) is 0 Å². The molecule has 0 bridgehead atoms. The minimum atomic E-state index is -0.979. The second-order valence-corrected chi connectivity index (χ2v) is 5.31. The number of fused-ring (bicyclic) bond motifs is 1. The Kier molecular flexibility index (Phi) is 5.06. The van der Waals surface area contributed by atoms with E-state index < -0.39 is 12.1 Å². The van der Waals surface area contributed by atoms with Gasteiger partial charge in [0.1, 0.15) is 11.9 Å². The lowest BCUT2D eigenvalue weighted by molar-refractivity contribution is 0.0486. The number of ether oxygens (including phenoxy) is 5. The predicted molar refractivity (Wildman–Crippen MR) is 86.9 cm³/mol. The largest absolute Gasteiger partial charge is 0.467 e. The second-order valence-electron chi connectivity index (χ2n) is 5.31. The zero-order valence-electron chi connectivity index (χ0n) is 13.9. The highest BCUT2D eigenvalue weighted by molar-refractivity contribution is 5.89. The Labute approximate surface area is 144 Å². The van der Waals surface area contributed by atoms with E-state index in [1.165, 1.54) is 14.2 Å². The molecule has 0 saturated carbocycles. The van der Waals surface area contributed by atoms with Gasteiger partial charge in [0.05, 0.1) is 12.7 Å². The van der Waals surface area contributed by atoms with Crippen LogP contribution in [0.3, 0.4) is 0 Å². The molecule has 1 unspecified atom stereocenters. The average molecular weight is 346 g/mol. The molecule has 1 aliphatic heterocycles. The molecule has 7 nitrogen and oxygen atoms in total. The first kappa shape index (κ1) is 17.1. The van der Waals surface area contributed by atoms with Gasteiger partial charge < -0.3 is 28.8 Å². The van der Waals surface area contributed by atoms with Crippen molar-refractivity contribution in [2.75, 3.05) is 27.8 Å². The van der Waals surface area contributed by atoms with Crippen LogP contribution in [0.25, 0.3) is 0 Å². The number of esters is 1. The summed E-state index contributed by atoms with van der Waals surface area (Å²) in [5.74, 6) is 1.07. The number of methoxy groups -OCH3 is 2. The van der Waals surface area contributed by atoms with Crippen LogP contribution < -0.4 is 14.2 Å². The minimum absolute atomic E-state index is 0.0284. The molecule has 0 spiro atoms. The number of hydrogen-bond donors (Lipinski definition) is 1. The third kappa shape index (κ3) is 3.52. The fourth-order valence-corrected chi connectivity index (χ4v) is 2.50. The molecule has 0 fully saturated rings. The fourth-order valence-electron chi connectivity index (χ4n) is 2.50. The Morgan fingerprint density at radius 1 is 1.16 bits per heavy atom. The zero-order chi connectivity index (χ0) is 17.8. The van der Waals surface area contributed by atoms with Gasteiger partial charge in [-0.15, -0.1) is 0 Å². The van der Waals surface area contributed by atoms with Crippen molar-refractivity contribution in [1.29, 1.82) is 0 Å². The monoisotopic (exact) mass is 346 g/mol. The maximum absolute atomic E-state index is 11.5. The Morgan fingerprint density at radius 3 is 2.48 bits per heavy atom. The first-order chi connectivity index (χ1) is 12.1. The van der Waals surface area contributed by atoms with E-state index >= 15 is 0 Å². The SMILES string of the molecule is COCOc1cc2c(cc1C(O)c1ccc(C(=O)OC)cc1)OCO2. The molecule has 1 N–H and O–H groups in total. The Hall–Kier alpha value is -2.77. The van der Waals surface area contributed by atoms with E-state index in [4.69, 9.17) is 18.9 Å². The van der Waals surface area contributed by atoms with E-state index in [0.29, 0.717) is 33.9 Å². The summed E-state index contributed by atoms with van der Waals surface area (Å²) >= 11 is 0. The van der Waals surface area contributed by atoms with Gasteiger partial charge in [-0.3, -0.25) is 0 Å². The summed E-state index contributed by atoms with van der Waals surface area (Å²) in [6, 6.07) is 9.82. The van der Waals surface area contributed by atoms with Crippen LogP contribution in [0.5, 0.6) is 17.2 Å². The minimum Gasteiger partial charge on any atom is -0.467 e. The highest BCUT2D eigenvalue weighted by Crippen LogP contribution is 2.41. The maximum Gasteiger partial charge on any atom is 0.337 e. The fraction of sp³-hybridized carbons (Fsp3) is 0.278. The number of hydrogen-bond acceptors (Lipinski definition) is 7. The molecule has 0 aliphatic carbocycles. The second kappa shape index (κ2) is 7.42. The summed E-state index contributed by atoms with van der Waals surface area (Å²) in [7, 11) is 2.83. The van der Waals surface area contributed by atoms with Gasteiger partial charge >= 0.3 is 5.97 Å². The van der Waals surface area contributed by atoms with E-state index in [1.54, 1.807) is 36.4 Å². The van der Waals surface area contributed by atoms with Gasteiger partial charge in [-0.05, 0) is 23.8 Å². The quantitative estimate of drug-likeness (QED) is 0.634. The number of carbonyl (C=O) groups is 1. The zero-order valence-corrected chi connectivity index (χ0v) is 13.9. The standard InChI is InChI=1S/C18H18O7/c1-21-9-23-14-8-16-15(24-10-25-16)7-13(14)17(19)11-3-5-12(6-4-11)18(20)22-2/h3-8,17,19H,9-10H2,1-2H3. The maximum atomic E-state index is 11.5. The smallest absolute Gasteiger partial charge is 0.337 e. The third-order valence-electron chi connectivity index (χ3n) is 3.78. The Bertz CT molecular complexity index is 755. The molecule has 2 aromatic rings. The number of aliphatic hydroxyl groups is 1. The summed E-state index contributed by atoms with van der Waals surface area (Å²) in [5.41, 5.74) is 1.50. The Morgan fingerprint density at radius 2 is 1.84 bits per heavy atom. The number of aliphatic hydroxyl groups excluding tert-OH is 1. The molecular formula is C18H18O7. The van der Waals surface area contributed by atoms with Crippen LogP contribution in [0.15, 0.2) is 36.4 Å². The van der Waals surface area contributed by atoms with E-state index in [-0.39, 0.29) is 13.6 Å². The first-order valence-corrected chi connectivity index (χ1v) is 7.55. The lowest BCUT2D eigenvalue weighted by Crippen LogP contribution is -2.07. The summed E-state index contributed by atoms with van der Waals surface area (Å²) in [6.07, 6.45) is -0.979. The lowest BCUT2D eigenvalue weighted by atomic mass is 9.99.